The molecule has 0 heterocycles. The van der Waals surface area contributed by atoms with Gasteiger partial charge in [-0.3, -0.25) is 0 Å². The Bertz CT molecular complexity index is 194. The molecule has 0 aromatic heterocycles. The second-order valence-corrected chi connectivity index (χ2v) is 2.05. The molecule has 10 heteroatoms. The summed E-state index contributed by atoms with van der Waals surface area (Å²) >= 11 is 0. The predicted molar refractivity (Wildman–Crippen MR) is 56.8 cm³/mol. The fourth-order valence-corrected chi connectivity index (χ4v) is 0.354. The molecule has 0 aliphatic rings. The van der Waals surface area contributed by atoms with Gasteiger partial charge in [0.05, 0.1) is 0 Å². The predicted octanol–water partition coefficient (Wildman–Crippen LogP) is -2.28. The first-order valence-corrected chi connectivity index (χ1v) is 4.82. The molecule has 0 bridgehead atoms. The van der Waals surface area contributed by atoms with Gasteiger partial charge >= 0.3 is 24.4 Å². The van der Waals surface area contributed by atoms with Gasteiger partial charge in [0, 0.05) is 19.8 Å². The first kappa shape index (κ1) is 26.2. The van der Waals surface area contributed by atoms with Gasteiger partial charge in [-0.05, 0) is 20.8 Å². The van der Waals surface area contributed by atoms with Crippen molar-refractivity contribution in [2.75, 3.05) is 19.8 Å². The standard InChI is InChI=1S/3C3H6O3.Sb/c3*1-2-6-3(4)5;/h3*2H2,1H3,(H,4,5);/q;;;+3/p-3. The Balaban J connectivity index is -0.0000000865. The molecule has 9 nitrogen and oxygen atoms in total. The third-order valence-corrected chi connectivity index (χ3v) is 0.787. The minimum atomic E-state index is -1.46. The molecule has 0 aliphatic carbocycles. The third-order valence-electron chi connectivity index (χ3n) is 0.787. The molecule has 0 unspecified atom stereocenters. The Kier molecular flexibility index (Phi) is 30.2. The van der Waals surface area contributed by atoms with E-state index in [2.05, 4.69) is 14.2 Å². The minimum absolute atomic E-state index is 0. The molecular formula is C9H15O9Sb. The van der Waals surface area contributed by atoms with Crippen LogP contribution in [-0.4, -0.2) is 62.7 Å². The zero-order valence-corrected chi connectivity index (χ0v) is 13.3. The van der Waals surface area contributed by atoms with E-state index in [-0.39, 0.29) is 44.2 Å². The van der Waals surface area contributed by atoms with Gasteiger partial charge in [0.2, 0.25) is 0 Å². The first-order chi connectivity index (χ1) is 8.31. The van der Waals surface area contributed by atoms with Gasteiger partial charge in [-0.2, -0.15) is 0 Å². The smallest absolute Gasteiger partial charge is 0.550 e. The molecule has 0 atom stereocenters. The first-order valence-electron chi connectivity index (χ1n) is 4.82. The Morgan fingerprint density at radius 1 is 0.684 bits per heavy atom. The van der Waals surface area contributed by atoms with E-state index in [1.807, 2.05) is 0 Å². The Morgan fingerprint density at radius 3 is 0.842 bits per heavy atom. The van der Waals surface area contributed by atoms with E-state index in [0.717, 1.165) is 0 Å². The summed E-state index contributed by atoms with van der Waals surface area (Å²) in [4.78, 5) is 27.8. The molecule has 0 saturated carbocycles. The van der Waals surface area contributed by atoms with Crippen LogP contribution in [0.15, 0.2) is 0 Å². The van der Waals surface area contributed by atoms with Crippen molar-refractivity contribution in [1.29, 1.82) is 0 Å². The van der Waals surface area contributed by atoms with E-state index in [9.17, 15) is 29.7 Å². The van der Waals surface area contributed by atoms with Crippen molar-refractivity contribution in [3.05, 3.63) is 0 Å². The third kappa shape index (κ3) is 61.1. The van der Waals surface area contributed by atoms with Crippen LogP contribution in [0.2, 0.25) is 0 Å². The molecule has 0 aromatic rings. The van der Waals surface area contributed by atoms with Crippen molar-refractivity contribution in [3.63, 3.8) is 0 Å². The molecule has 0 N–H and O–H groups in total. The van der Waals surface area contributed by atoms with E-state index in [4.69, 9.17) is 0 Å². The van der Waals surface area contributed by atoms with Crippen LogP contribution in [0.5, 0.6) is 0 Å². The number of carboxylic acid groups (broad SMARTS) is 3. The number of hydrogen-bond donors (Lipinski definition) is 0. The van der Waals surface area contributed by atoms with Gasteiger partial charge in [-0.1, -0.05) is 0 Å². The molecule has 0 spiro atoms. The van der Waals surface area contributed by atoms with Crippen LogP contribution in [0.25, 0.3) is 0 Å². The van der Waals surface area contributed by atoms with Crippen molar-refractivity contribution in [2.24, 2.45) is 0 Å². The van der Waals surface area contributed by atoms with Crippen molar-refractivity contribution >= 4 is 42.9 Å². The summed E-state index contributed by atoms with van der Waals surface area (Å²) in [5.74, 6) is 0. The van der Waals surface area contributed by atoms with Gasteiger partial charge < -0.3 is 43.9 Å². The van der Waals surface area contributed by atoms with E-state index >= 15 is 0 Å². The minimum Gasteiger partial charge on any atom is -0.550 e. The van der Waals surface area contributed by atoms with Gasteiger partial charge in [-0.25, -0.2) is 0 Å². The van der Waals surface area contributed by atoms with E-state index < -0.39 is 18.5 Å². The maximum atomic E-state index is 9.27. The summed E-state index contributed by atoms with van der Waals surface area (Å²) in [6, 6.07) is 0. The molecule has 0 rings (SSSR count). The number of ether oxygens (including phenoxy) is 3. The normalized spacial score (nSPS) is 7.11. The van der Waals surface area contributed by atoms with Gasteiger partial charge in [-0.15, -0.1) is 0 Å². The molecule has 19 heavy (non-hydrogen) atoms. The van der Waals surface area contributed by atoms with Crippen molar-refractivity contribution in [1.82, 2.24) is 0 Å². The Morgan fingerprint density at radius 2 is 0.842 bits per heavy atom. The summed E-state index contributed by atoms with van der Waals surface area (Å²) in [6.07, 6.45) is -4.38. The van der Waals surface area contributed by atoms with Crippen LogP contribution in [0.4, 0.5) is 14.4 Å². The number of hydrogen-bond acceptors (Lipinski definition) is 9. The van der Waals surface area contributed by atoms with Crippen LogP contribution in [0.1, 0.15) is 20.8 Å². The summed E-state index contributed by atoms with van der Waals surface area (Å²) in [5.41, 5.74) is 0. The SMILES string of the molecule is CCOC(=O)[O-].CCOC(=O)[O-].CCOC(=O)[O-].[Sb+3]. The molecule has 2 radical (unpaired) electrons. The van der Waals surface area contributed by atoms with Gasteiger partial charge in [0.25, 0.3) is 18.5 Å². The fourth-order valence-electron chi connectivity index (χ4n) is 0.354. The topological polar surface area (TPSA) is 148 Å². The maximum Gasteiger partial charge on any atom is 3.00 e. The number of rotatable bonds is 3. The van der Waals surface area contributed by atoms with Crippen LogP contribution < -0.4 is 15.3 Å². The number of carbonyl (C=O) groups is 3. The van der Waals surface area contributed by atoms with E-state index in [1.54, 1.807) is 20.8 Å². The van der Waals surface area contributed by atoms with Crippen LogP contribution >= 0.6 is 0 Å². The molecule has 0 amide bonds. The molecule has 0 fully saturated rings. The van der Waals surface area contributed by atoms with E-state index in [0.29, 0.717) is 0 Å². The van der Waals surface area contributed by atoms with E-state index in [1.165, 1.54) is 0 Å². The summed E-state index contributed by atoms with van der Waals surface area (Å²) in [6.45, 7) is 5.24. The number of carbonyl (C=O) groups excluding carboxylic acids is 3. The van der Waals surface area contributed by atoms with Crippen LogP contribution in [-0.2, 0) is 14.2 Å². The average Bonchev–Trinajstić information content (AvgIpc) is 2.18. The van der Waals surface area contributed by atoms with Crippen LogP contribution in [0.3, 0.4) is 0 Å². The van der Waals surface area contributed by atoms with Crippen molar-refractivity contribution in [2.45, 2.75) is 20.8 Å². The van der Waals surface area contributed by atoms with Gasteiger partial charge in [0.1, 0.15) is 0 Å². The quantitative estimate of drug-likeness (QED) is 0.296. The van der Waals surface area contributed by atoms with Crippen LogP contribution in [0, 0.1) is 0 Å². The van der Waals surface area contributed by atoms with Gasteiger partial charge in [0.15, 0.2) is 0 Å². The summed E-state index contributed by atoms with van der Waals surface area (Å²) in [7, 11) is 0. The zero-order valence-electron chi connectivity index (χ0n) is 10.7. The summed E-state index contributed by atoms with van der Waals surface area (Å²) in [5, 5.41) is 27.8. The molecule has 0 saturated heterocycles. The van der Waals surface area contributed by atoms with Crippen molar-refractivity contribution in [3.8, 4) is 0 Å². The fraction of sp³-hybridized carbons (Fsp3) is 0.667. The van der Waals surface area contributed by atoms with Crippen molar-refractivity contribution < 1.29 is 43.9 Å². The Labute approximate surface area is 127 Å². The Hall–Kier alpha value is -1.37. The molecule has 110 valence electrons. The zero-order chi connectivity index (χ0) is 15.0. The second kappa shape index (κ2) is 21.9. The summed E-state index contributed by atoms with van der Waals surface area (Å²) < 4.78 is 11.5. The largest absolute Gasteiger partial charge is 3.00 e. The average molecular weight is 389 g/mol. The second-order valence-electron chi connectivity index (χ2n) is 2.05. The molecule has 0 aromatic carbocycles. The monoisotopic (exact) mass is 388 g/mol. The molecule has 0 aliphatic heterocycles. The molecular weight excluding hydrogens is 374 g/mol. The maximum absolute atomic E-state index is 9.27.